The topological polar surface area (TPSA) is 82.1 Å². The van der Waals surface area contributed by atoms with E-state index in [2.05, 4.69) is 0 Å². The van der Waals surface area contributed by atoms with E-state index in [9.17, 15) is 13.2 Å². The summed E-state index contributed by atoms with van der Waals surface area (Å²) < 4.78 is 43.4. The normalized spacial score (nSPS) is 19.9. The number of carbonyl (C=O) groups excluding carboxylic acids is 1. The van der Waals surface area contributed by atoms with Gasteiger partial charge in [-0.2, -0.15) is 4.31 Å². The van der Waals surface area contributed by atoms with Crippen molar-refractivity contribution in [2.45, 2.75) is 55.9 Å². The second-order valence-electron chi connectivity index (χ2n) is 7.39. The molecule has 1 aromatic carbocycles. The first-order chi connectivity index (χ1) is 13.5. The highest BCUT2D eigenvalue weighted by atomic mass is 32.2. The van der Waals surface area contributed by atoms with Gasteiger partial charge in [0.15, 0.2) is 11.5 Å². The summed E-state index contributed by atoms with van der Waals surface area (Å²) in [7, 11) is -0.677. The number of hydrogen-bond donors (Lipinski definition) is 0. The number of ether oxygens (including phenoxy) is 3. The van der Waals surface area contributed by atoms with E-state index in [1.54, 1.807) is 6.07 Å². The maximum absolute atomic E-state index is 13.0. The van der Waals surface area contributed by atoms with E-state index in [1.807, 2.05) is 0 Å². The van der Waals surface area contributed by atoms with Crippen LogP contribution in [0.4, 0.5) is 0 Å². The number of benzene rings is 1. The molecule has 28 heavy (non-hydrogen) atoms. The van der Waals surface area contributed by atoms with Gasteiger partial charge in [-0.1, -0.05) is 6.42 Å². The minimum absolute atomic E-state index is 0.0368. The Kier molecular flexibility index (Phi) is 6.82. The molecule has 2 aliphatic rings. The van der Waals surface area contributed by atoms with Crippen molar-refractivity contribution >= 4 is 16.0 Å². The van der Waals surface area contributed by atoms with Crippen LogP contribution in [0.3, 0.4) is 0 Å². The van der Waals surface area contributed by atoms with E-state index in [0.717, 1.165) is 25.7 Å². The zero-order valence-electron chi connectivity index (χ0n) is 16.6. The summed E-state index contributed by atoms with van der Waals surface area (Å²) in [6.07, 6.45) is 6.32. The van der Waals surface area contributed by atoms with Gasteiger partial charge in [0, 0.05) is 19.2 Å². The van der Waals surface area contributed by atoms with Crippen LogP contribution in [0.25, 0.3) is 0 Å². The van der Waals surface area contributed by atoms with Crippen LogP contribution in [-0.2, 0) is 19.6 Å². The summed E-state index contributed by atoms with van der Waals surface area (Å²) in [4.78, 5) is 12.6. The van der Waals surface area contributed by atoms with Crippen LogP contribution in [0, 0.1) is 5.92 Å². The van der Waals surface area contributed by atoms with Gasteiger partial charge >= 0.3 is 5.97 Å². The lowest BCUT2D eigenvalue weighted by molar-refractivity contribution is -0.156. The number of methoxy groups -OCH3 is 2. The van der Waals surface area contributed by atoms with Crippen molar-refractivity contribution in [3.8, 4) is 11.5 Å². The van der Waals surface area contributed by atoms with Crippen molar-refractivity contribution in [1.82, 2.24) is 4.31 Å². The number of hydrogen-bond acceptors (Lipinski definition) is 6. The van der Waals surface area contributed by atoms with Crippen LogP contribution >= 0.6 is 0 Å². The first-order valence-electron chi connectivity index (χ1n) is 9.88. The molecule has 8 heteroatoms. The highest BCUT2D eigenvalue weighted by molar-refractivity contribution is 7.89. The molecule has 0 unspecified atom stereocenters. The second kappa shape index (κ2) is 9.13. The molecule has 7 nitrogen and oxygen atoms in total. The summed E-state index contributed by atoms with van der Waals surface area (Å²) in [5.41, 5.74) is 0. The van der Waals surface area contributed by atoms with Gasteiger partial charge in [0.25, 0.3) is 0 Å². The van der Waals surface area contributed by atoms with Gasteiger partial charge in [0.2, 0.25) is 10.0 Å². The molecule has 1 saturated carbocycles. The summed E-state index contributed by atoms with van der Waals surface area (Å²) in [6, 6.07) is 4.57. The molecule has 1 saturated heterocycles. The Hall–Kier alpha value is -1.80. The molecule has 1 heterocycles. The summed E-state index contributed by atoms with van der Waals surface area (Å²) in [5, 5.41) is 0. The summed E-state index contributed by atoms with van der Waals surface area (Å²) in [6.45, 7) is 0.613. The lowest BCUT2D eigenvalue weighted by atomic mass is 9.96. The van der Waals surface area contributed by atoms with E-state index in [0.29, 0.717) is 37.4 Å². The Morgan fingerprint density at radius 1 is 0.964 bits per heavy atom. The lowest BCUT2D eigenvalue weighted by Gasteiger charge is -2.31. The molecular weight excluding hydrogens is 382 g/mol. The Morgan fingerprint density at radius 3 is 2.21 bits per heavy atom. The monoisotopic (exact) mass is 411 g/mol. The zero-order chi connectivity index (χ0) is 20.1. The number of sulfonamides is 1. The quantitative estimate of drug-likeness (QED) is 0.670. The summed E-state index contributed by atoms with van der Waals surface area (Å²) in [5.74, 6) is 0.453. The van der Waals surface area contributed by atoms with Crippen LogP contribution in [0.15, 0.2) is 23.1 Å². The Labute approximate surface area is 167 Å². The molecule has 1 aliphatic carbocycles. The lowest BCUT2D eigenvalue weighted by Crippen LogP contribution is -2.41. The van der Waals surface area contributed by atoms with Gasteiger partial charge in [-0.15, -0.1) is 0 Å². The molecule has 0 radical (unpaired) electrons. The van der Waals surface area contributed by atoms with Crippen molar-refractivity contribution in [2.75, 3.05) is 27.3 Å². The summed E-state index contributed by atoms with van der Waals surface area (Å²) >= 11 is 0. The molecule has 0 atom stereocenters. The molecule has 1 aromatic rings. The minimum atomic E-state index is -3.65. The Bertz CT molecular complexity index is 780. The van der Waals surface area contributed by atoms with Crippen LogP contribution in [0.2, 0.25) is 0 Å². The molecule has 3 rings (SSSR count). The number of nitrogens with zero attached hydrogens (tertiary/aromatic N) is 1. The fraction of sp³-hybridized carbons (Fsp3) is 0.650. The van der Waals surface area contributed by atoms with Gasteiger partial charge in [0.05, 0.1) is 25.0 Å². The molecule has 0 bridgehead atoms. The molecule has 1 aliphatic heterocycles. The van der Waals surface area contributed by atoms with Crippen molar-refractivity contribution in [1.29, 1.82) is 0 Å². The standard InChI is InChI=1S/C20H29NO6S/c1-25-18-9-8-17(14-19(18)26-2)28(23,24)21-12-10-15(11-13-21)20(22)27-16-6-4-3-5-7-16/h8-9,14-16H,3-7,10-13H2,1-2H3. The van der Waals surface area contributed by atoms with Crippen LogP contribution < -0.4 is 9.47 Å². The number of piperidine rings is 1. The average molecular weight is 412 g/mol. The predicted molar refractivity (Wildman–Crippen MR) is 104 cm³/mol. The van der Waals surface area contributed by atoms with E-state index in [1.165, 1.54) is 37.1 Å². The third-order valence-corrected chi connectivity index (χ3v) is 7.51. The highest BCUT2D eigenvalue weighted by Gasteiger charge is 2.34. The zero-order valence-corrected chi connectivity index (χ0v) is 17.4. The molecule has 156 valence electrons. The SMILES string of the molecule is COc1ccc(S(=O)(=O)N2CCC(C(=O)OC3CCCCC3)CC2)cc1OC. The van der Waals surface area contributed by atoms with Crippen molar-refractivity contribution in [3.05, 3.63) is 18.2 Å². The largest absolute Gasteiger partial charge is 0.493 e. The molecule has 0 spiro atoms. The fourth-order valence-corrected chi connectivity index (χ4v) is 5.39. The van der Waals surface area contributed by atoms with Gasteiger partial charge in [-0.3, -0.25) is 4.79 Å². The van der Waals surface area contributed by atoms with Crippen LogP contribution in [0.1, 0.15) is 44.9 Å². The third-order valence-electron chi connectivity index (χ3n) is 5.62. The van der Waals surface area contributed by atoms with Gasteiger partial charge in [-0.25, -0.2) is 8.42 Å². The van der Waals surface area contributed by atoms with Crippen molar-refractivity contribution in [2.24, 2.45) is 5.92 Å². The molecule has 2 fully saturated rings. The number of esters is 1. The van der Waals surface area contributed by atoms with Crippen LogP contribution in [0.5, 0.6) is 11.5 Å². The van der Waals surface area contributed by atoms with E-state index >= 15 is 0 Å². The maximum atomic E-state index is 13.0. The van der Waals surface area contributed by atoms with E-state index in [4.69, 9.17) is 14.2 Å². The number of rotatable bonds is 6. The Morgan fingerprint density at radius 2 is 1.61 bits per heavy atom. The maximum Gasteiger partial charge on any atom is 0.309 e. The van der Waals surface area contributed by atoms with Crippen molar-refractivity contribution < 1.29 is 27.4 Å². The second-order valence-corrected chi connectivity index (χ2v) is 9.33. The number of carbonyl (C=O) groups is 1. The van der Waals surface area contributed by atoms with E-state index in [-0.39, 0.29) is 22.9 Å². The highest BCUT2D eigenvalue weighted by Crippen LogP contribution is 2.32. The van der Waals surface area contributed by atoms with E-state index < -0.39 is 10.0 Å². The van der Waals surface area contributed by atoms with Gasteiger partial charge in [0.1, 0.15) is 6.10 Å². The molecule has 0 N–H and O–H groups in total. The average Bonchev–Trinajstić information content (AvgIpc) is 2.74. The smallest absolute Gasteiger partial charge is 0.309 e. The first kappa shape index (κ1) is 20.9. The molecule has 0 amide bonds. The first-order valence-corrected chi connectivity index (χ1v) is 11.3. The fourth-order valence-electron chi connectivity index (χ4n) is 3.90. The molecule has 0 aromatic heterocycles. The minimum Gasteiger partial charge on any atom is -0.493 e. The predicted octanol–water partition coefficient (Wildman–Crippen LogP) is 2.98. The van der Waals surface area contributed by atoms with Crippen molar-refractivity contribution in [3.63, 3.8) is 0 Å². The Balaban J connectivity index is 1.61. The van der Waals surface area contributed by atoms with Gasteiger partial charge in [-0.05, 0) is 50.7 Å². The molecular formula is C20H29NO6S. The van der Waals surface area contributed by atoms with Gasteiger partial charge < -0.3 is 14.2 Å². The third kappa shape index (κ3) is 4.60. The van der Waals surface area contributed by atoms with Crippen LogP contribution in [-0.4, -0.2) is 52.1 Å².